The topological polar surface area (TPSA) is 49.0 Å². The number of aromatic amines is 1. The number of nitrogens with zero attached hydrogens (tertiary/aromatic N) is 2. The van der Waals surface area contributed by atoms with Gasteiger partial charge in [-0.2, -0.15) is 16.9 Å². The molecule has 70 valence electrons. The molecule has 0 aliphatic carbocycles. The van der Waals surface area contributed by atoms with Crippen LogP contribution in [0.3, 0.4) is 0 Å². The maximum atomic E-state index is 11.7. The Morgan fingerprint density at radius 3 is 2.92 bits per heavy atom. The largest absolute Gasteiger partial charge is 0.336 e. The summed E-state index contributed by atoms with van der Waals surface area (Å²) in [4.78, 5) is 13.6. The van der Waals surface area contributed by atoms with Gasteiger partial charge < -0.3 is 4.90 Å². The Bertz CT molecular complexity index is 280. The number of thioether (sulfide) groups is 1. The first-order valence-electron chi connectivity index (χ1n) is 4.24. The van der Waals surface area contributed by atoms with E-state index in [1.807, 2.05) is 16.7 Å². The summed E-state index contributed by atoms with van der Waals surface area (Å²) >= 11 is 1.89. The highest BCUT2D eigenvalue weighted by Gasteiger charge is 2.18. The molecule has 2 heterocycles. The SMILES string of the molecule is O=C(c1ccn[nH]1)N1CCSCC1. The molecule has 1 fully saturated rings. The van der Waals surface area contributed by atoms with Gasteiger partial charge in [-0.25, -0.2) is 0 Å². The van der Waals surface area contributed by atoms with Crippen molar-refractivity contribution in [1.82, 2.24) is 15.1 Å². The van der Waals surface area contributed by atoms with E-state index in [0.717, 1.165) is 24.6 Å². The van der Waals surface area contributed by atoms with Gasteiger partial charge in [-0.15, -0.1) is 0 Å². The van der Waals surface area contributed by atoms with Gasteiger partial charge in [-0.05, 0) is 6.07 Å². The van der Waals surface area contributed by atoms with E-state index in [9.17, 15) is 4.79 Å². The molecule has 0 spiro atoms. The van der Waals surface area contributed by atoms with Crippen LogP contribution in [0.15, 0.2) is 12.3 Å². The minimum absolute atomic E-state index is 0.0674. The second-order valence-electron chi connectivity index (χ2n) is 2.87. The van der Waals surface area contributed by atoms with E-state index in [1.54, 1.807) is 12.3 Å². The van der Waals surface area contributed by atoms with Crippen LogP contribution >= 0.6 is 11.8 Å². The Labute approximate surface area is 80.7 Å². The molecular formula is C8H11N3OS. The minimum Gasteiger partial charge on any atom is -0.336 e. The third-order valence-corrected chi connectivity index (χ3v) is 2.97. The molecule has 5 heteroatoms. The van der Waals surface area contributed by atoms with Gasteiger partial charge in [-0.3, -0.25) is 9.89 Å². The Morgan fingerprint density at radius 1 is 1.54 bits per heavy atom. The number of amides is 1. The monoisotopic (exact) mass is 197 g/mol. The van der Waals surface area contributed by atoms with Crippen molar-refractivity contribution in [2.45, 2.75) is 0 Å². The highest BCUT2D eigenvalue weighted by molar-refractivity contribution is 7.99. The zero-order valence-electron chi connectivity index (χ0n) is 7.19. The maximum Gasteiger partial charge on any atom is 0.271 e. The molecule has 1 aliphatic rings. The molecule has 1 aromatic heterocycles. The van der Waals surface area contributed by atoms with Crippen LogP contribution in [0.25, 0.3) is 0 Å². The summed E-state index contributed by atoms with van der Waals surface area (Å²) in [6, 6.07) is 1.71. The van der Waals surface area contributed by atoms with Crippen molar-refractivity contribution in [3.63, 3.8) is 0 Å². The number of aromatic nitrogens is 2. The van der Waals surface area contributed by atoms with Crippen LogP contribution in [0.2, 0.25) is 0 Å². The normalized spacial score (nSPS) is 17.4. The fourth-order valence-electron chi connectivity index (χ4n) is 1.31. The molecule has 0 atom stereocenters. The highest BCUT2D eigenvalue weighted by Crippen LogP contribution is 2.11. The second-order valence-corrected chi connectivity index (χ2v) is 4.10. The Balaban J connectivity index is 2.04. The Morgan fingerprint density at radius 2 is 2.31 bits per heavy atom. The average Bonchev–Trinajstić information content (AvgIpc) is 2.71. The smallest absolute Gasteiger partial charge is 0.271 e. The molecule has 4 nitrogen and oxygen atoms in total. The standard InChI is InChI=1S/C8H11N3OS/c12-8(7-1-2-9-10-7)11-3-5-13-6-4-11/h1-2H,3-6H2,(H,9,10). The van der Waals surface area contributed by atoms with Crippen molar-refractivity contribution in [3.05, 3.63) is 18.0 Å². The number of hydrogen-bond acceptors (Lipinski definition) is 3. The molecule has 2 rings (SSSR count). The predicted octanol–water partition coefficient (Wildman–Crippen LogP) is 0.599. The fraction of sp³-hybridized carbons (Fsp3) is 0.500. The van der Waals surface area contributed by atoms with Crippen LogP contribution in [-0.2, 0) is 0 Å². The molecule has 0 aromatic carbocycles. The Kier molecular flexibility index (Phi) is 2.54. The predicted molar refractivity (Wildman–Crippen MR) is 51.8 cm³/mol. The van der Waals surface area contributed by atoms with E-state index >= 15 is 0 Å². The number of H-pyrrole nitrogens is 1. The van der Waals surface area contributed by atoms with Gasteiger partial charge in [0.05, 0.1) is 0 Å². The van der Waals surface area contributed by atoms with Gasteiger partial charge in [0.1, 0.15) is 5.69 Å². The van der Waals surface area contributed by atoms with Crippen LogP contribution in [0.1, 0.15) is 10.5 Å². The third-order valence-electron chi connectivity index (χ3n) is 2.03. The molecular weight excluding hydrogens is 186 g/mol. The summed E-state index contributed by atoms with van der Waals surface area (Å²) in [6.07, 6.45) is 1.60. The van der Waals surface area contributed by atoms with Crippen LogP contribution in [0.5, 0.6) is 0 Å². The number of carbonyl (C=O) groups excluding carboxylic acids is 1. The van der Waals surface area contributed by atoms with Crippen molar-refractivity contribution in [1.29, 1.82) is 0 Å². The quantitative estimate of drug-likeness (QED) is 0.717. The van der Waals surface area contributed by atoms with E-state index in [1.165, 1.54) is 0 Å². The van der Waals surface area contributed by atoms with E-state index in [-0.39, 0.29) is 5.91 Å². The van der Waals surface area contributed by atoms with Crippen LogP contribution in [-0.4, -0.2) is 45.6 Å². The molecule has 0 saturated carbocycles. The summed E-state index contributed by atoms with van der Waals surface area (Å²) < 4.78 is 0. The van der Waals surface area contributed by atoms with Crippen molar-refractivity contribution in [2.75, 3.05) is 24.6 Å². The van der Waals surface area contributed by atoms with Gasteiger partial charge >= 0.3 is 0 Å². The third kappa shape index (κ3) is 1.85. The lowest BCUT2D eigenvalue weighted by Gasteiger charge is -2.25. The van der Waals surface area contributed by atoms with Crippen LogP contribution in [0.4, 0.5) is 0 Å². The number of hydrogen-bond donors (Lipinski definition) is 1. The van der Waals surface area contributed by atoms with E-state index in [0.29, 0.717) is 5.69 Å². The molecule has 0 bridgehead atoms. The highest BCUT2D eigenvalue weighted by atomic mass is 32.2. The number of nitrogens with one attached hydrogen (secondary N) is 1. The van der Waals surface area contributed by atoms with E-state index in [4.69, 9.17) is 0 Å². The summed E-state index contributed by atoms with van der Waals surface area (Å²) in [5.41, 5.74) is 0.590. The van der Waals surface area contributed by atoms with Gasteiger partial charge in [0.25, 0.3) is 5.91 Å². The lowest BCUT2D eigenvalue weighted by Crippen LogP contribution is -2.38. The summed E-state index contributed by atoms with van der Waals surface area (Å²) in [6.45, 7) is 1.70. The van der Waals surface area contributed by atoms with Gasteiger partial charge in [0.2, 0.25) is 0 Å². The zero-order chi connectivity index (χ0) is 9.10. The number of rotatable bonds is 1. The second kappa shape index (κ2) is 3.83. The first kappa shape index (κ1) is 8.62. The van der Waals surface area contributed by atoms with Gasteiger partial charge in [-0.1, -0.05) is 0 Å². The van der Waals surface area contributed by atoms with Crippen molar-refractivity contribution in [3.8, 4) is 0 Å². The molecule has 1 N–H and O–H groups in total. The van der Waals surface area contributed by atoms with E-state index < -0.39 is 0 Å². The molecule has 1 amide bonds. The molecule has 1 saturated heterocycles. The van der Waals surface area contributed by atoms with E-state index in [2.05, 4.69) is 10.2 Å². The van der Waals surface area contributed by atoms with Gasteiger partial charge in [0, 0.05) is 30.8 Å². The van der Waals surface area contributed by atoms with Crippen molar-refractivity contribution < 1.29 is 4.79 Å². The van der Waals surface area contributed by atoms with Crippen molar-refractivity contribution >= 4 is 17.7 Å². The average molecular weight is 197 g/mol. The maximum absolute atomic E-state index is 11.7. The molecule has 1 aromatic rings. The van der Waals surface area contributed by atoms with Crippen LogP contribution < -0.4 is 0 Å². The molecule has 0 radical (unpaired) electrons. The molecule has 13 heavy (non-hydrogen) atoms. The zero-order valence-corrected chi connectivity index (χ0v) is 8.01. The minimum atomic E-state index is 0.0674. The first-order chi connectivity index (χ1) is 6.38. The summed E-state index contributed by atoms with van der Waals surface area (Å²) in [5.74, 6) is 2.15. The first-order valence-corrected chi connectivity index (χ1v) is 5.40. The summed E-state index contributed by atoms with van der Waals surface area (Å²) in [5, 5.41) is 6.45. The lowest BCUT2D eigenvalue weighted by molar-refractivity contribution is 0.0766. The Hall–Kier alpha value is -0.970. The number of carbonyl (C=O) groups is 1. The summed E-state index contributed by atoms with van der Waals surface area (Å²) in [7, 11) is 0. The fourth-order valence-corrected chi connectivity index (χ4v) is 2.21. The van der Waals surface area contributed by atoms with Gasteiger partial charge in [0.15, 0.2) is 0 Å². The lowest BCUT2D eigenvalue weighted by atomic mass is 10.3. The molecule has 0 unspecified atom stereocenters. The molecule has 1 aliphatic heterocycles. The van der Waals surface area contributed by atoms with Crippen molar-refractivity contribution in [2.24, 2.45) is 0 Å². The van der Waals surface area contributed by atoms with Crippen LogP contribution in [0, 0.1) is 0 Å².